The Hall–Kier alpha value is -1.43. The molecule has 2 N–H and O–H groups in total. The van der Waals surface area contributed by atoms with Crippen LogP contribution in [0.1, 0.15) is 47.3 Å². The second-order valence-corrected chi connectivity index (χ2v) is 5.62. The van der Waals surface area contributed by atoms with Crippen LogP contribution in [0.25, 0.3) is 0 Å². The van der Waals surface area contributed by atoms with Gasteiger partial charge < -0.3 is 10.4 Å². The average molecular weight is 254 g/mol. The molecule has 1 saturated carbocycles. The second-order valence-electron chi connectivity index (χ2n) is 4.56. The van der Waals surface area contributed by atoms with Gasteiger partial charge in [-0.15, -0.1) is 11.3 Å². The molecule has 0 atom stereocenters. The molecule has 6 heteroatoms. The van der Waals surface area contributed by atoms with Crippen molar-refractivity contribution in [1.82, 2.24) is 10.3 Å². The van der Waals surface area contributed by atoms with Crippen molar-refractivity contribution < 1.29 is 14.7 Å². The van der Waals surface area contributed by atoms with Crippen molar-refractivity contribution >= 4 is 23.2 Å². The van der Waals surface area contributed by atoms with E-state index in [0.717, 1.165) is 5.01 Å². The van der Waals surface area contributed by atoms with Crippen molar-refractivity contribution in [3.8, 4) is 0 Å². The zero-order chi connectivity index (χ0) is 12.6. The Morgan fingerprint density at radius 1 is 1.53 bits per heavy atom. The van der Waals surface area contributed by atoms with Gasteiger partial charge in [0.25, 0.3) is 5.91 Å². The summed E-state index contributed by atoms with van der Waals surface area (Å²) in [5.74, 6) is -1.02. The van der Waals surface area contributed by atoms with Gasteiger partial charge in [0.1, 0.15) is 10.4 Å². The molecule has 1 aliphatic rings. The summed E-state index contributed by atoms with van der Waals surface area (Å²) < 4.78 is 0. The number of thiazole rings is 1. The van der Waals surface area contributed by atoms with Gasteiger partial charge in [0, 0.05) is 5.92 Å². The van der Waals surface area contributed by atoms with Crippen molar-refractivity contribution in [2.24, 2.45) is 0 Å². The van der Waals surface area contributed by atoms with Crippen LogP contribution in [0.2, 0.25) is 0 Å². The van der Waals surface area contributed by atoms with E-state index in [1.54, 1.807) is 0 Å². The number of carboxylic acid groups (broad SMARTS) is 1. The molecule has 0 aliphatic heterocycles. The molecule has 92 valence electrons. The third kappa shape index (κ3) is 2.31. The van der Waals surface area contributed by atoms with E-state index in [-0.39, 0.29) is 11.8 Å². The van der Waals surface area contributed by atoms with E-state index in [1.165, 1.54) is 17.5 Å². The van der Waals surface area contributed by atoms with E-state index in [4.69, 9.17) is 5.11 Å². The molecule has 0 bridgehead atoms. The molecule has 17 heavy (non-hydrogen) atoms. The van der Waals surface area contributed by atoms with Gasteiger partial charge in [0.15, 0.2) is 0 Å². The van der Waals surface area contributed by atoms with Crippen LogP contribution in [0.5, 0.6) is 0 Å². The summed E-state index contributed by atoms with van der Waals surface area (Å²) in [5.41, 5.74) is -1.03. The maximum atomic E-state index is 11.8. The molecule has 0 radical (unpaired) electrons. The molecule has 1 aromatic rings. The van der Waals surface area contributed by atoms with Gasteiger partial charge in [-0.1, -0.05) is 13.8 Å². The van der Waals surface area contributed by atoms with Crippen molar-refractivity contribution in [3.63, 3.8) is 0 Å². The van der Waals surface area contributed by atoms with Gasteiger partial charge in [0.05, 0.1) is 11.2 Å². The number of aromatic nitrogens is 1. The Morgan fingerprint density at radius 2 is 2.18 bits per heavy atom. The predicted octanol–water partition coefficient (Wildman–Crippen LogP) is 1.61. The molecule has 1 aliphatic carbocycles. The summed E-state index contributed by atoms with van der Waals surface area (Å²) >= 11 is 1.31. The molecule has 0 unspecified atom stereocenters. The fourth-order valence-corrected chi connectivity index (χ4v) is 2.27. The van der Waals surface area contributed by atoms with Crippen molar-refractivity contribution in [3.05, 3.63) is 16.1 Å². The fraction of sp³-hybridized carbons (Fsp3) is 0.545. The lowest BCUT2D eigenvalue weighted by molar-refractivity contribution is -0.140. The van der Waals surface area contributed by atoms with Gasteiger partial charge >= 0.3 is 5.97 Å². The normalized spacial score (nSPS) is 16.9. The number of carbonyl (C=O) groups excluding carboxylic acids is 1. The monoisotopic (exact) mass is 254 g/mol. The molecular formula is C11H14N2O3S. The third-order valence-electron chi connectivity index (χ3n) is 2.75. The van der Waals surface area contributed by atoms with E-state index in [1.807, 2.05) is 13.8 Å². The van der Waals surface area contributed by atoms with Gasteiger partial charge in [-0.05, 0) is 12.8 Å². The first kappa shape index (κ1) is 12.0. The minimum absolute atomic E-state index is 0.274. The molecule has 1 aromatic heterocycles. The van der Waals surface area contributed by atoms with E-state index < -0.39 is 11.5 Å². The average Bonchev–Trinajstić information content (AvgIpc) is 2.87. The number of rotatable bonds is 4. The molecule has 0 spiro atoms. The van der Waals surface area contributed by atoms with Crippen LogP contribution in [-0.2, 0) is 4.79 Å². The standard InChI is InChI=1S/C11H14N2O3S/c1-6(2)9-12-5-7(17-9)8(14)13-11(3-4-11)10(15)16/h5-6H,3-4H2,1-2H3,(H,13,14)(H,15,16). The topological polar surface area (TPSA) is 79.3 Å². The third-order valence-corrected chi connectivity index (χ3v) is 4.05. The van der Waals surface area contributed by atoms with Gasteiger partial charge in [-0.25, -0.2) is 9.78 Å². The first-order chi connectivity index (χ1) is 7.94. The summed E-state index contributed by atoms with van der Waals surface area (Å²) in [7, 11) is 0. The quantitative estimate of drug-likeness (QED) is 0.855. The molecule has 0 aromatic carbocycles. The molecule has 5 nitrogen and oxygen atoms in total. The van der Waals surface area contributed by atoms with Crippen molar-refractivity contribution in [1.29, 1.82) is 0 Å². The number of amides is 1. The minimum Gasteiger partial charge on any atom is -0.480 e. The Morgan fingerprint density at radius 3 is 2.59 bits per heavy atom. The summed E-state index contributed by atoms with van der Waals surface area (Å²) in [6, 6.07) is 0. The summed E-state index contributed by atoms with van der Waals surface area (Å²) in [6.45, 7) is 4.00. The Kier molecular flexibility index (Phi) is 2.91. The highest BCUT2D eigenvalue weighted by Crippen LogP contribution is 2.36. The van der Waals surface area contributed by atoms with Crippen LogP contribution in [0, 0.1) is 0 Å². The highest BCUT2D eigenvalue weighted by Gasteiger charge is 2.51. The maximum Gasteiger partial charge on any atom is 0.329 e. The minimum atomic E-state index is -1.03. The number of nitrogens with zero attached hydrogens (tertiary/aromatic N) is 1. The molecular weight excluding hydrogens is 240 g/mol. The van der Waals surface area contributed by atoms with E-state index in [2.05, 4.69) is 10.3 Å². The lowest BCUT2D eigenvalue weighted by Crippen LogP contribution is -2.42. The molecule has 1 heterocycles. The van der Waals surface area contributed by atoms with E-state index >= 15 is 0 Å². The van der Waals surface area contributed by atoms with E-state index in [9.17, 15) is 9.59 Å². The number of carbonyl (C=O) groups is 2. The van der Waals surface area contributed by atoms with Crippen LogP contribution in [0.15, 0.2) is 6.20 Å². The Balaban J connectivity index is 2.07. The van der Waals surface area contributed by atoms with Crippen molar-refractivity contribution in [2.45, 2.75) is 38.1 Å². The summed E-state index contributed by atoms with van der Waals surface area (Å²) in [6.07, 6.45) is 2.51. The number of nitrogens with one attached hydrogen (secondary N) is 1. The molecule has 2 rings (SSSR count). The highest BCUT2D eigenvalue weighted by atomic mass is 32.1. The molecule has 0 saturated heterocycles. The van der Waals surface area contributed by atoms with Gasteiger partial charge in [0.2, 0.25) is 0 Å². The second kappa shape index (κ2) is 4.10. The largest absolute Gasteiger partial charge is 0.480 e. The number of carboxylic acids is 1. The van der Waals surface area contributed by atoms with Crippen molar-refractivity contribution in [2.75, 3.05) is 0 Å². The van der Waals surface area contributed by atoms with Crippen LogP contribution >= 0.6 is 11.3 Å². The lowest BCUT2D eigenvalue weighted by atomic mass is 10.2. The highest BCUT2D eigenvalue weighted by molar-refractivity contribution is 7.13. The number of hydrogen-bond donors (Lipinski definition) is 2. The van der Waals surface area contributed by atoms with Gasteiger partial charge in [-0.3, -0.25) is 4.79 Å². The number of hydrogen-bond acceptors (Lipinski definition) is 4. The van der Waals surface area contributed by atoms with Gasteiger partial charge in [-0.2, -0.15) is 0 Å². The summed E-state index contributed by atoms with van der Waals surface area (Å²) in [4.78, 5) is 27.4. The fourth-order valence-electron chi connectivity index (χ4n) is 1.46. The van der Waals surface area contributed by atoms with Crippen LogP contribution in [-0.4, -0.2) is 27.5 Å². The Bertz CT molecular complexity index is 463. The SMILES string of the molecule is CC(C)c1ncc(C(=O)NC2(C(=O)O)CC2)s1. The zero-order valence-electron chi connectivity index (χ0n) is 9.69. The number of aliphatic carboxylic acids is 1. The maximum absolute atomic E-state index is 11.8. The lowest BCUT2D eigenvalue weighted by Gasteiger charge is -2.10. The zero-order valence-corrected chi connectivity index (χ0v) is 10.5. The first-order valence-corrected chi connectivity index (χ1v) is 6.28. The van der Waals surface area contributed by atoms with E-state index in [0.29, 0.717) is 17.7 Å². The first-order valence-electron chi connectivity index (χ1n) is 5.46. The Labute approximate surface area is 103 Å². The smallest absolute Gasteiger partial charge is 0.329 e. The predicted molar refractivity (Wildman–Crippen MR) is 63.3 cm³/mol. The van der Waals surface area contributed by atoms with Crippen LogP contribution < -0.4 is 5.32 Å². The van der Waals surface area contributed by atoms with Crippen LogP contribution in [0.3, 0.4) is 0 Å². The van der Waals surface area contributed by atoms with Crippen LogP contribution in [0.4, 0.5) is 0 Å². The molecule has 1 fully saturated rings. The molecule has 1 amide bonds. The summed E-state index contributed by atoms with van der Waals surface area (Å²) in [5, 5.41) is 12.4.